The molecule has 7 nitrogen and oxygen atoms in total. The molecule has 0 aliphatic carbocycles. The molecule has 0 saturated carbocycles. The zero-order valence-corrected chi connectivity index (χ0v) is 17.2. The van der Waals surface area contributed by atoms with Crippen LogP contribution in [0.4, 0.5) is 10.1 Å². The minimum Gasteiger partial charge on any atom is -0.337 e. The number of hydrogen-bond donors (Lipinski definition) is 2. The predicted molar refractivity (Wildman–Crippen MR) is 118 cm³/mol. The summed E-state index contributed by atoms with van der Waals surface area (Å²) in [7, 11) is 1.49. The Hall–Kier alpha value is -3.85. The smallest absolute Gasteiger partial charge is 0.265 e. The van der Waals surface area contributed by atoms with Crippen molar-refractivity contribution in [2.75, 3.05) is 12.4 Å². The zero-order chi connectivity index (χ0) is 22.1. The van der Waals surface area contributed by atoms with Crippen molar-refractivity contribution < 1.29 is 18.8 Å². The summed E-state index contributed by atoms with van der Waals surface area (Å²) in [5.74, 6) is -1.76. The highest BCUT2D eigenvalue weighted by atomic mass is 32.1. The van der Waals surface area contributed by atoms with Crippen LogP contribution in [0.3, 0.4) is 0 Å². The van der Waals surface area contributed by atoms with Crippen LogP contribution in [0.15, 0.2) is 60.3 Å². The van der Waals surface area contributed by atoms with Crippen LogP contribution in [0.1, 0.15) is 5.56 Å². The molecular formula is C22H17FN4O3S. The number of aromatic nitrogens is 1. The van der Waals surface area contributed by atoms with E-state index in [-0.39, 0.29) is 29.0 Å². The second-order valence-electron chi connectivity index (χ2n) is 6.97. The van der Waals surface area contributed by atoms with Gasteiger partial charge in [-0.1, -0.05) is 18.2 Å². The van der Waals surface area contributed by atoms with Crippen molar-refractivity contribution in [2.45, 2.75) is 6.54 Å². The molecular weight excluding hydrogens is 419 g/mol. The van der Waals surface area contributed by atoms with E-state index in [2.05, 4.69) is 10.6 Å². The van der Waals surface area contributed by atoms with Gasteiger partial charge in [0.25, 0.3) is 11.8 Å². The lowest BCUT2D eigenvalue weighted by Crippen LogP contribution is -2.52. The average Bonchev–Trinajstić information content (AvgIpc) is 3.08. The maximum absolute atomic E-state index is 13.1. The van der Waals surface area contributed by atoms with E-state index in [1.807, 2.05) is 24.3 Å². The summed E-state index contributed by atoms with van der Waals surface area (Å²) < 4.78 is 14.8. The lowest BCUT2D eigenvalue weighted by atomic mass is 10.1. The SMILES string of the molecule is CN1C(=O)C(=Cc2cn(CC(=O)Nc3ccc(F)cc3)c3ccccc23)C(=O)NC1=S. The van der Waals surface area contributed by atoms with Crippen LogP contribution >= 0.6 is 12.2 Å². The first-order valence-electron chi connectivity index (χ1n) is 9.32. The minimum atomic E-state index is -0.570. The van der Waals surface area contributed by atoms with E-state index in [9.17, 15) is 18.8 Å². The number of amides is 3. The average molecular weight is 436 g/mol. The molecule has 9 heteroatoms. The molecule has 31 heavy (non-hydrogen) atoms. The number of anilines is 1. The first-order chi connectivity index (χ1) is 14.8. The number of nitrogens with zero attached hydrogens (tertiary/aromatic N) is 2. The van der Waals surface area contributed by atoms with Gasteiger partial charge in [0, 0.05) is 35.4 Å². The third kappa shape index (κ3) is 4.08. The second-order valence-corrected chi connectivity index (χ2v) is 7.35. The van der Waals surface area contributed by atoms with Gasteiger partial charge in [-0.2, -0.15) is 0 Å². The summed E-state index contributed by atoms with van der Waals surface area (Å²) >= 11 is 4.97. The summed E-state index contributed by atoms with van der Waals surface area (Å²) in [5, 5.41) is 6.02. The molecule has 156 valence electrons. The first kappa shape index (κ1) is 20.4. The number of rotatable bonds is 4. The first-order valence-corrected chi connectivity index (χ1v) is 9.72. The molecule has 1 saturated heterocycles. The molecule has 2 aromatic carbocycles. The summed E-state index contributed by atoms with van der Waals surface area (Å²) in [6.45, 7) is -0.00874. The van der Waals surface area contributed by atoms with Gasteiger partial charge in [-0.15, -0.1) is 0 Å². The number of thiocarbonyl (C=S) groups is 1. The van der Waals surface area contributed by atoms with Gasteiger partial charge in [-0.3, -0.25) is 24.6 Å². The maximum Gasteiger partial charge on any atom is 0.265 e. The van der Waals surface area contributed by atoms with Crippen LogP contribution in [-0.4, -0.2) is 39.3 Å². The van der Waals surface area contributed by atoms with Gasteiger partial charge in [0.2, 0.25) is 5.91 Å². The van der Waals surface area contributed by atoms with Crippen molar-refractivity contribution in [3.8, 4) is 0 Å². The Morgan fingerprint density at radius 3 is 2.61 bits per heavy atom. The molecule has 0 radical (unpaired) electrons. The van der Waals surface area contributed by atoms with Crippen molar-refractivity contribution in [1.82, 2.24) is 14.8 Å². The minimum absolute atomic E-state index is 0.00874. The van der Waals surface area contributed by atoms with Crippen LogP contribution in [0.2, 0.25) is 0 Å². The molecule has 0 spiro atoms. The Kier molecular flexibility index (Phi) is 5.35. The number of carbonyl (C=O) groups is 3. The lowest BCUT2D eigenvalue weighted by Gasteiger charge is -2.24. The number of para-hydroxylation sites is 1. The van der Waals surface area contributed by atoms with E-state index in [0.717, 1.165) is 10.9 Å². The fourth-order valence-electron chi connectivity index (χ4n) is 3.31. The summed E-state index contributed by atoms with van der Waals surface area (Å²) in [4.78, 5) is 38.5. The molecule has 3 amide bonds. The van der Waals surface area contributed by atoms with Gasteiger partial charge >= 0.3 is 0 Å². The second kappa shape index (κ2) is 8.11. The van der Waals surface area contributed by atoms with Gasteiger partial charge in [0.1, 0.15) is 17.9 Å². The van der Waals surface area contributed by atoms with Crippen molar-refractivity contribution in [2.24, 2.45) is 0 Å². The number of benzene rings is 2. The van der Waals surface area contributed by atoms with Gasteiger partial charge in [0.05, 0.1) is 0 Å². The largest absolute Gasteiger partial charge is 0.337 e. The van der Waals surface area contributed by atoms with Crippen LogP contribution in [0, 0.1) is 5.82 Å². The van der Waals surface area contributed by atoms with Crippen molar-refractivity contribution in [3.63, 3.8) is 0 Å². The zero-order valence-electron chi connectivity index (χ0n) is 16.4. The van der Waals surface area contributed by atoms with Crippen LogP contribution in [-0.2, 0) is 20.9 Å². The Morgan fingerprint density at radius 1 is 1.16 bits per heavy atom. The highest BCUT2D eigenvalue weighted by Crippen LogP contribution is 2.25. The molecule has 0 unspecified atom stereocenters. The molecule has 1 aliphatic heterocycles. The van der Waals surface area contributed by atoms with E-state index >= 15 is 0 Å². The van der Waals surface area contributed by atoms with E-state index in [1.54, 1.807) is 10.8 Å². The number of fused-ring (bicyclic) bond motifs is 1. The number of nitrogens with one attached hydrogen (secondary N) is 2. The molecule has 4 rings (SSSR count). The van der Waals surface area contributed by atoms with Crippen LogP contribution in [0.5, 0.6) is 0 Å². The van der Waals surface area contributed by atoms with Crippen molar-refractivity contribution in [3.05, 3.63) is 71.7 Å². The molecule has 1 aliphatic rings. The topological polar surface area (TPSA) is 83.4 Å². The summed E-state index contributed by atoms with van der Waals surface area (Å²) in [6.07, 6.45) is 3.20. The van der Waals surface area contributed by atoms with E-state index in [1.165, 1.54) is 42.3 Å². The number of halogens is 1. The normalized spacial score (nSPS) is 15.5. The van der Waals surface area contributed by atoms with E-state index in [0.29, 0.717) is 11.3 Å². The third-order valence-electron chi connectivity index (χ3n) is 4.87. The molecule has 0 atom stereocenters. The fourth-order valence-corrected chi connectivity index (χ4v) is 3.49. The Balaban J connectivity index is 1.65. The number of carbonyl (C=O) groups excluding carboxylic acids is 3. The highest BCUT2D eigenvalue weighted by molar-refractivity contribution is 7.80. The standard InChI is InChI=1S/C22H17FN4O3S/c1-26-21(30)17(20(29)25-22(26)31)10-13-11-27(18-5-3-2-4-16(13)18)12-19(28)24-15-8-6-14(23)7-9-15/h2-11H,12H2,1H3,(H,24,28)(H,25,29,31). The Morgan fingerprint density at radius 2 is 1.87 bits per heavy atom. The Bertz CT molecular complexity index is 1260. The third-order valence-corrected chi connectivity index (χ3v) is 5.24. The summed E-state index contributed by atoms with van der Waals surface area (Å²) in [5.41, 5.74) is 1.81. The quantitative estimate of drug-likeness (QED) is 0.374. The molecule has 3 aromatic rings. The van der Waals surface area contributed by atoms with Gasteiger partial charge in [-0.25, -0.2) is 4.39 Å². The van der Waals surface area contributed by atoms with E-state index < -0.39 is 11.8 Å². The highest BCUT2D eigenvalue weighted by Gasteiger charge is 2.31. The predicted octanol–water partition coefficient (Wildman–Crippen LogP) is 2.68. The summed E-state index contributed by atoms with van der Waals surface area (Å²) in [6, 6.07) is 12.8. The van der Waals surface area contributed by atoms with Crippen molar-refractivity contribution in [1.29, 1.82) is 0 Å². The Labute approximate surface area is 182 Å². The monoisotopic (exact) mass is 436 g/mol. The number of likely N-dealkylation sites (N-methyl/N-ethyl adjacent to an activating group) is 1. The van der Waals surface area contributed by atoms with Crippen LogP contribution in [0.25, 0.3) is 17.0 Å². The molecule has 1 aromatic heterocycles. The van der Waals surface area contributed by atoms with E-state index in [4.69, 9.17) is 12.2 Å². The van der Waals surface area contributed by atoms with Crippen LogP contribution < -0.4 is 10.6 Å². The molecule has 1 fully saturated rings. The van der Waals surface area contributed by atoms with Gasteiger partial charge in [-0.05, 0) is 48.6 Å². The lowest BCUT2D eigenvalue weighted by molar-refractivity contribution is -0.128. The molecule has 0 bridgehead atoms. The van der Waals surface area contributed by atoms with Gasteiger partial charge in [0.15, 0.2) is 5.11 Å². The molecule has 2 heterocycles. The molecule has 2 N–H and O–H groups in total. The van der Waals surface area contributed by atoms with Gasteiger partial charge < -0.3 is 9.88 Å². The maximum atomic E-state index is 13.1. The fraction of sp³-hybridized carbons (Fsp3) is 0.0909. The van der Waals surface area contributed by atoms with Crippen molar-refractivity contribution >= 4 is 57.7 Å². The number of hydrogen-bond acceptors (Lipinski definition) is 4.